The Morgan fingerprint density at radius 2 is 1.85 bits per heavy atom. The zero-order valence-electron chi connectivity index (χ0n) is 11.8. The van der Waals surface area contributed by atoms with E-state index in [-0.39, 0.29) is 11.9 Å². The summed E-state index contributed by atoms with van der Waals surface area (Å²) < 4.78 is 14.3. The highest BCUT2D eigenvalue weighted by Crippen LogP contribution is 2.24. The molecule has 1 nitrogen and oxygen atoms in total. The number of benzene rings is 2. The lowest BCUT2D eigenvalue weighted by Gasteiger charge is -2.20. The van der Waals surface area contributed by atoms with Crippen LogP contribution >= 0.6 is 11.6 Å². The van der Waals surface area contributed by atoms with E-state index in [1.807, 2.05) is 43.3 Å². The topological polar surface area (TPSA) is 12.0 Å². The summed E-state index contributed by atoms with van der Waals surface area (Å²) in [4.78, 5) is 0. The van der Waals surface area contributed by atoms with Gasteiger partial charge in [-0.05, 0) is 43.1 Å². The monoisotopic (exact) mass is 291 g/mol. The highest BCUT2D eigenvalue weighted by molar-refractivity contribution is 6.30. The van der Waals surface area contributed by atoms with Gasteiger partial charge in [0.05, 0.1) is 0 Å². The van der Waals surface area contributed by atoms with Gasteiger partial charge in [-0.3, -0.25) is 0 Å². The molecule has 1 unspecified atom stereocenters. The molecule has 3 heteroatoms. The zero-order valence-corrected chi connectivity index (χ0v) is 12.5. The van der Waals surface area contributed by atoms with Gasteiger partial charge in [-0.1, -0.05) is 48.9 Å². The van der Waals surface area contributed by atoms with E-state index in [1.54, 1.807) is 13.0 Å². The van der Waals surface area contributed by atoms with E-state index >= 15 is 0 Å². The Bertz CT molecular complexity index is 566. The summed E-state index contributed by atoms with van der Waals surface area (Å²) in [5.41, 5.74) is 2.55. The standard InChI is InChI=1S/C17H19ClFN/c1-3-20-16(11-13-7-9-14(18)10-8-13)15-6-4-5-12(2)17(15)19/h4-10,16,20H,3,11H2,1-2H3. The summed E-state index contributed by atoms with van der Waals surface area (Å²) in [5.74, 6) is -0.118. The van der Waals surface area contributed by atoms with Crippen LogP contribution in [-0.4, -0.2) is 6.54 Å². The number of hydrogen-bond acceptors (Lipinski definition) is 1. The summed E-state index contributed by atoms with van der Waals surface area (Å²) in [6.45, 7) is 4.62. The molecular weight excluding hydrogens is 273 g/mol. The Hall–Kier alpha value is -1.38. The van der Waals surface area contributed by atoms with Crippen molar-refractivity contribution in [2.45, 2.75) is 26.3 Å². The van der Waals surface area contributed by atoms with Crippen molar-refractivity contribution >= 4 is 11.6 Å². The van der Waals surface area contributed by atoms with Crippen LogP contribution in [0.1, 0.15) is 29.7 Å². The average Bonchev–Trinajstić information content (AvgIpc) is 2.44. The molecule has 2 aromatic rings. The smallest absolute Gasteiger partial charge is 0.130 e. The van der Waals surface area contributed by atoms with Gasteiger partial charge in [0.1, 0.15) is 5.82 Å². The summed E-state index contributed by atoms with van der Waals surface area (Å²) in [5, 5.41) is 4.08. The number of aryl methyl sites for hydroxylation is 1. The molecule has 2 aromatic carbocycles. The first-order chi connectivity index (χ1) is 9.61. The second-order valence-corrected chi connectivity index (χ2v) is 5.36. The molecule has 0 radical (unpaired) electrons. The maximum Gasteiger partial charge on any atom is 0.130 e. The highest BCUT2D eigenvalue weighted by Gasteiger charge is 2.16. The van der Waals surface area contributed by atoms with Gasteiger partial charge in [0, 0.05) is 16.6 Å². The molecule has 0 fully saturated rings. The van der Waals surface area contributed by atoms with Gasteiger partial charge in [-0.25, -0.2) is 4.39 Å². The van der Waals surface area contributed by atoms with Crippen molar-refractivity contribution in [3.63, 3.8) is 0 Å². The summed E-state index contributed by atoms with van der Waals surface area (Å²) in [6, 6.07) is 13.2. The molecule has 0 aliphatic heterocycles. The highest BCUT2D eigenvalue weighted by atomic mass is 35.5. The first kappa shape index (κ1) is 15.0. The molecule has 2 rings (SSSR count). The number of nitrogens with one attached hydrogen (secondary N) is 1. The molecule has 0 aromatic heterocycles. The molecule has 1 N–H and O–H groups in total. The molecule has 1 atom stereocenters. The van der Waals surface area contributed by atoms with E-state index in [1.165, 1.54) is 0 Å². The van der Waals surface area contributed by atoms with Crippen LogP contribution in [0.2, 0.25) is 5.02 Å². The average molecular weight is 292 g/mol. The molecule has 0 spiro atoms. The maximum atomic E-state index is 14.3. The lowest BCUT2D eigenvalue weighted by Crippen LogP contribution is -2.24. The normalized spacial score (nSPS) is 12.4. The van der Waals surface area contributed by atoms with Crippen molar-refractivity contribution in [1.82, 2.24) is 5.32 Å². The molecule has 0 saturated heterocycles. The molecule has 0 aliphatic carbocycles. The third-order valence-electron chi connectivity index (χ3n) is 3.40. The third-order valence-corrected chi connectivity index (χ3v) is 3.65. The SMILES string of the molecule is CCNC(Cc1ccc(Cl)cc1)c1cccc(C)c1F. The van der Waals surface area contributed by atoms with Crippen molar-refractivity contribution in [3.8, 4) is 0 Å². The largest absolute Gasteiger partial charge is 0.310 e. The predicted molar refractivity (Wildman–Crippen MR) is 82.7 cm³/mol. The number of hydrogen-bond donors (Lipinski definition) is 1. The lowest BCUT2D eigenvalue weighted by molar-refractivity contribution is 0.507. The summed E-state index contributed by atoms with van der Waals surface area (Å²) in [6.07, 6.45) is 0.741. The quantitative estimate of drug-likeness (QED) is 0.843. The van der Waals surface area contributed by atoms with Gasteiger partial charge in [0.15, 0.2) is 0 Å². The van der Waals surface area contributed by atoms with Crippen LogP contribution in [-0.2, 0) is 6.42 Å². The van der Waals surface area contributed by atoms with Gasteiger partial charge < -0.3 is 5.32 Å². The molecule has 0 heterocycles. The van der Waals surface area contributed by atoms with Crippen molar-refractivity contribution < 1.29 is 4.39 Å². The van der Waals surface area contributed by atoms with E-state index < -0.39 is 0 Å². The minimum atomic E-state index is -0.118. The van der Waals surface area contributed by atoms with Gasteiger partial charge in [-0.2, -0.15) is 0 Å². The molecule has 20 heavy (non-hydrogen) atoms. The molecular formula is C17H19ClFN. The van der Waals surface area contributed by atoms with Gasteiger partial charge in [0.25, 0.3) is 0 Å². The van der Waals surface area contributed by atoms with Gasteiger partial charge in [-0.15, -0.1) is 0 Å². The molecule has 0 saturated carbocycles. The van der Waals surface area contributed by atoms with Crippen LogP contribution in [0.3, 0.4) is 0 Å². The Morgan fingerprint density at radius 1 is 1.15 bits per heavy atom. The fourth-order valence-electron chi connectivity index (χ4n) is 2.33. The minimum Gasteiger partial charge on any atom is -0.310 e. The second kappa shape index (κ2) is 6.87. The third kappa shape index (κ3) is 3.59. The van der Waals surface area contributed by atoms with Crippen molar-refractivity contribution in [2.24, 2.45) is 0 Å². The fraction of sp³-hybridized carbons (Fsp3) is 0.294. The first-order valence-corrected chi connectivity index (χ1v) is 7.22. The summed E-state index contributed by atoms with van der Waals surface area (Å²) in [7, 11) is 0. The van der Waals surface area contributed by atoms with E-state index in [4.69, 9.17) is 11.6 Å². The zero-order chi connectivity index (χ0) is 14.5. The molecule has 106 valence electrons. The van der Waals surface area contributed by atoms with Gasteiger partial charge >= 0.3 is 0 Å². The van der Waals surface area contributed by atoms with Crippen LogP contribution in [0, 0.1) is 12.7 Å². The minimum absolute atomic E-state index is 0.0268. The molecule has 0 aliphatic rings. The Labute approximate surface area is 124 Å². The van der Waals surface area contributed by atoms with Crippen LogP contribution in [0.25, 0.3) is 0 Å². The first-order valence-electron chi connectivity index (χ1n) is 6.84. The molecule has 0 amide bonds. The fourth-order valence-corrected chi connectivity index (χ4v) is 2.46. The van der Waals surface area contributed by atoms with Crippen molar-refractivity contribution in [1.29, 1.82) is 0 Å². The maximum absolute atomic E-state index is 14.3. The van der Waals surface area contributed by atoms with Crippen LogP contribution in [0.15, 0.2) is 42.5 Å². The van der Waals surface area contributed by atoms with E-state index in [2.05, 4.69) is 5.32 Å². The predicted octanol–water partition coefficient (Wildman–Crippen LogP) is 4.68. The summed E-state index contributed by atoms with van der Waals surface area (Å²) >= 11 is 5.90. The van der Waals surface area contributed by atoms with Crippen LogP contribution in [0.5, 0.6) is 0 Å². The molecule has 0 bridgehead atoms. The van der Waals surface area contributed by atoms with E-state index in [9.17, 15) is 4.39 Å². The second-order valence-electron chi connectivity index (χ2n) is 4.92. The number of rotatable bonds is 5. The van der Waals surface area contributed by atoms with E-state index in [0.717, 1.165) is 29.1 Å². The van der Waals surface area contributed by atoms with Crippen molar-refractivity contribution in [2.75, 3.05) is 6.54 Å². The lowest BCUT2D eigenvalue weighted by atomic mass is 9.97. The Kier molecular flexibility index (Phi) is 5.16. The van der Waals surface area contributed by atoms with E-state index in [0.29, 0.717) is 5.56 Å². The van der Waals surface area contributed by atoms with Gasteiger partial charge in [0.2, 0.25) is 0 Å². The van der Waals surface area contributed by atoms with Crippen molar-refractivity contribution in [3.05, 3.63) is 70.0 Å². The Balaban J connectivity index is 2.26. The Morgan fingerprint density at radius 3 is 2.50 bits per heavy atom. The number of likely N-dealkylation sites (N-methyl/N-ethyl adjacent to an activating group) is 1. The van der Waals surface area contributed by atoms with Crippen LogP contribution < -0.4 is 5.32 Å². The van der Waals surface area contributed by atoms with Crippen LogP contribution in [0.4, 0.5) is 4.39 Å². The number of halogens is 2.